The Labute approximate surface area is 216 Å². The molecule has 5 nitrogen and oxygen atoms in total. The molecule has 3 rings (SSSR count). The van der Waals surface area contributed by atoms with Crippen LogP contribution in [0.1, 0.15) is 31.9 Å². The lowest BCUT2D eigenvalue weighted by atomic mass is 10.0. The van der Waals surface area contributed by atoms with E-state index in [9.17, 15) is 13.2 Å². The first-order valence-corrected chi connectivity index (χ1v) is 13.2. The van der Waals surface area contributed by atoms with E-state index in [2.05, 4.69) is 10.2 Å². The maximum Gasteiger partial charge on any atom is 0.228 e. The third kappa shape index (κ3) is 6.52. The van der Waals surface area contributed by atoms with Crippen molar-refractivity contribution in [2.24, 2.45) is 0 Å². The number of amides is 1. The summed E-state index contributed by atoms with van der Waals surface area (Å²) in [5, 5.41) is 3.46. The average molecular weight is 527 g/mol. The maximum absolute atomic E-state index is 12.6. The summed E-state index contributed by atoms with van der Waals surface area (Å²) in [6.07, 6.45) is 2.00. The van der Waals surface area contributed by atoms with Gasteiger partial charge in [0.2, 0.25) is 5.91 Å². The summed E-state index contributed by atoms with van der Waals surface area (Å²) in [7, 11) is -3.29. The molecule has 3 aromatic rings. The van der Waals surface area contributed by atoms with E-state index in [1.807, 2.05) is 32.1 Å². The Balaban J connectivity index is 1.80. The number of anilines is 1. The SMILES string of the molecule is [C-]#[N+]c1cc(-c2c(Cl)cc(NC(=O)Cc3ccc(S(=O)(=O)CC)cc3)cc2Cl)ccc1C=C(C)C. The smallest absolute Gasteiger partial charge is 0.228 e. The van der Waals surface area contributed by atoms with Gasteiger partial charge in [0.05, 0.1) is 33.7 Å². The van der Waals surface area contributed by atoms with Crippen LogP contribution >= 0.6 is 23.2 Å². The molecule has 0 unspecified atom stereocenters. The zero-order valence-corrected chi connectivity index (χ0v) is 21.9. The van der Waals surface area contributed by atoms with Crippen molar-refractivity contribution in [1.82, 2.24) is 0 Å². The van der Waals surface area contributed by atoms with Gasteiger partial charge in [-0.1, -0.05) is 66.0 Å². The van der Waals surface area contributed by atoms with Gasteiger partial charge in [0.25, 0.3) is 0 Å². The van der Waals surface area contributed by atoms with Crippen molar-refractivity contribution in [1.29, 1.82) is 0 Å². The molecule has 1 amide bonds. The fourth-order valence-corrected chi connectivity index (χ4v) is 5.11. The lowest BCUT2D eigenvalue weighted by molar-refractivity contribution is -0.115. The molecule has 0 spiro atoms. The normalized spacial score (nSPS) is 11.0. The number of carbonyl (C=O) groups is 1. The minimum atomic E-state index is -3.29. The minimum Gasteiger partial charge on any atom is -0.326 e. The van der Waals surface area contributed by atoms with Gasteiger partial charge in [0.1, 0.15) is 0 Å². The lowest BCUT2D eigenvalue weighted by Crippen LogP contribution is -2.14. The van der Waals surface area contributed by atoms with Crippen molar-refractivity contribution in [3.63, 3.8) is 0 Å². The first kappa shape index (κ1) is 26.5. The Kier molecular flexibility index (Phi) is 8.39. The van der Waals surface area contributed by atoms with Gasteiger partial charge < -0.3 is 5.32 Å². The molecule has 0 atom stereocenters. The van der Waals surface area contributed by atoms with Crippen LogP contribution in [0.3, 0.4) is 0 Å². The van der Waals surface area contributed by atoms with Crippen LogP contribution in [0.5, 0.6) is 0 Å². The number of sulfone groups is 1. The fourth-order valence-electron chi connectivity index (χ4n) is 3.52. The van der Waals surface area contributed by atoms with Crippen molar-refractivity contribution in [3.8, 4) is 11.1 Å². The maximum atomic E-state index is 12.6. The van der Waals surface area contributed by atoms with Gasteiger partial charge in [-0.2, -0.15) is 0 Å². The number of hydrogen-bond donors (Lipinski definition) is 1. The second-order valence-electron chi connectivity index (χ2n) is 8.19. The number of halogens is 2. The van der Waals surface area contributed by atoms with E-state index in [1.54, 1.807) is 37.3 Å². The summed E-state index contributed by atoms with van der Waals surface area (Å²) in [5.74, 6) is -0.277. The monoisotopic (exact) mass is 526 g/mol. The van der Waals surface area contributed by atoms with E-state index >= 15 is 0 Å². The summed E-state index contributed by atoms with van der Waals surface area (Å²) < 4.78 is 23.9. The highest BCUT2D eigenvalue weighted by atomic mass is 35.5. The average Bonchev–Trinajstić information content (AvgIpc) is 2.79. The van der Waals surface area contributed by atoms with Gasteiger partial charge in [0, 0.05) is 11.3 Å². The van der Waals surface area contributed by atoms with Gasteiger partial charge >= 0.3 is 0 Å². The van der Waals surface area contributed by atoms with Gasteiger partial charge in [-0.25, -0.2) is 13.3 Å². The fraction of sp³-hybridized carbons (Fsp3) is 0.185. The van der Waals surface area contributed by atoms with Gasteiger partial charge in [0.15, 0.2) is 15.5 Å². The second-order valence-corrected chi connectivity index (χ2v) is 11.3. The Hall–Kier alpha value is -3.11. The number of nitrogens with zero attached hydrogens (tertiary/aromatic N) is 1. The Morgan fingerprint density at radius 1 is 1.03 bits per heavy atom. The van der Waals surface area contributed by atoms with Crippen LogP contribution in [0.25, 0.3) is 22.0 Å². The largest absolute Gasteiger partial charge is 0.326 e. The van der Waals surface area contributed by atoms with Crippen LogP contribution in [0.15, 0.2) is 65.1 Å². The molecule has 0 aliphatic rings. The molecule has 0 fully saturated rings. The lowest BCUT2D eigenvalue weighted by Gasteiger charge is -2.13. The molecule has 0 saturated carbocycles. The van der Waals surface area contributed by atoms with Crippen LogP contribution in [0.4, 0.5) is 11.4 Å². The number of carbonyl (C=O) groups excluding carboxylic acids is 1. The molecule has 0 saturated heterocycles. The van der Waals surface area contributed by atoms with E-state index in [1.165, 1.54) is 12.1 Å². The van der Waals surface area contributed by atoms with E-state index in [-0.39, 0.29) is 23.0 Å². The van der Waals surface area contributed by atoms with Crippen molar-refractivity contribution in [3.05, 3.63) is 92.8 Å². The molecular weight excluding hydrogens is 503 g/mol. The van der Waals surface area contributed by atoms with E-state index < -0.39 is 9.84 Å². The summed E-state index contributed by atoms with van der Waals surface area (Å²) in [6.45, 7) is 13.0. The third-order valence-electron chi connectivity index (χ3n) is 5.24. The van der Waals surface area contributed by atoms with Crippen LogP contribution in [-0.4, -0.2) is 20.1 Å². The molecule has 3 aromatic carbocycles. The molecule has 8 heteroatoms. The molecule has 0 aromatic heterocycles. The quantitative estimate of drug-likeness (QED) is 0.322. The van der Waals surface area contributed by atoms with Gasteiger partial charge in [-0.3, -0.25) is 4.79 Å². The van der Waals surface area contributed by atoms with Crippen LogP contribution in [-0.2, 0) is 21.1 Å². The Morgan fingerprint density at radius 2 is 1.66 bits per heavy atom. The Morgan fingerprint density at radius 3 is 2.20 bits per heavy atom. The van der Waals surface area contributed by atoms with Crippen molar-refractivity contribution in [2.75, 3.05) is 11.1 Å². The summed E-state index contributed by atoms with van der Waals surface area (Å²) in [6, 6.07) is 14.9. The molecule has 180 valence electrons. The van der Waals surface area contributed by atoms with Crippen molar-refractivity contribution >= 4 is 56.4 Å². The topological polar surface area (TPSA) is 67.6 Å². The predicted molar refractivity (Wildman–Crippen MR) is 144 cm³/mol. The number of nitrogens with one attached hydrogen (secondary N) is 1. The standard InChI is InChI=1S/C27H24Cl2N2O3S/c1-5-35(33,34)22-10-6-18(7-11-22)13-26(32)31-21-15-23(28)27(24(29)16-21)20-9-8-19(12-17(2)3)25(14-20)30-4/h6-12,14-16H,5,13H2,1-3H3,(H,31,32). The highest BCUT2D eigenvalue weighted by molar-refractivity contribution is 7.91. The molecular formula is C27H24Cl2N2O3S. The summed E-state index contributed by atoms with van der Waals surface area (Å²) in [4.78, 5) is 16.4. The van der Waals surface area contributed by atoms with Crippen molar-refractivity contribution < 1.29 is 13.2 Å². The van der Waals surface area contributed by atoms with E-state index in [0.717, 1.165) is 11.1 Å². The first-order valence-electron chi connectivity index (χ1n) is 10.8. The van der Waals surface area contributed by atoms with Crippen LogP contribution in [0, 0.1) is 6.57 Å². The number of benzene rings is 3. The highest BCUT2D eigenvalue weighted by Crippen LogP contribution is 2.39. The Bertz CT molecular complexity index is 1430. The van der Waals surface area contributed by atoms with Crippen LogP contribution in [0.2, 0.25) is 10.0 Å². The summed E-state index contributed by atoms with van der Waals surface area (Å²) in [5.41, 5.74) is 4.79. The molecule has 35 heavy (non-hydrogen) atoms. The highest BCUT2D eigenvalue weighted by Gasteiger charge is 2.15. The minimum absolute atomic E-state index is 0.0170. The zero-order chi connectivity index (χ0) is 25.8. The first-order chi connectivity index (χ1) is 16.5. The molecule has 0 aliphatic carbocycles. The van der Waals surface area contributed by atoms with Crippen molar-refractivity contribution in [2.45, 2.75) is 32.1 Å². The summed E-state index contributed by atoms with van der Waals surface area (Å²) >= 11 is 13.0. The van der Waals surface area contributed by atoms with Gasteiger partial charge in [-0.05, 0) is 60.9 Å². The molecule has 1 N–H and O–H groups in total. The number of hydrogen-bond acceptors (Lipinski definition) is 3. The van der Waals surface area contributed by atoms with Gasteiger partial charge in [-0.15, -0.1) is 0 Å². The zero-order valence-electron chi connectivity index (χ0n) is 19.5. The predicted octanol–water partition coefficient (Wildman–Crippen LogP) is 7.61. The van der Waals surface area contributed by atoms with Crippen LogP contribution < -0.4 is 5.32 Å². The number of allylic oxidation sites excluding steroid dienone is 1. The number of rotatable bonds is 7. The molecule has 0 aliphatic heterocycles. The molecule has 0 radical (unpaired) electrons. The van der Waals surface area contributed by atoms with E-state index in [4.69, 9.17) is 29.8 Å². The molecule has 0 heterocycles. The third-order valence-corrected chi connectivity index (χ3v) is 7.58. The second kappa shape index (κ2) is 11.1. The molecule has 0 bridgehead atoms. The van der Waals surface area contributed by atoms with E-state index in [0.29, 0.717) is 38.1 Å².